The zero-order chi connectivity index (χ0) is 12.8. The van der Waals surface area contributed by atoms with Crippen molar-refractivity contribution in [2.24, 2.45) is 12.5 Å². The van der Waals surface area contributed by atoms with Crippen LogP contribution in [0.3, 0.4) is 0 Å². The third-order valence-electron chi connectivity index (χ3n) is 3.40. The number of nitrogens with one attached hydrogen (secondary N) is 1. The minimum Gasteiger partial charge on any atom is -0.339 e. The molecule has 1 N–H and O–H groups in total. The monoisotopic (exact) mass is 277 g/mol. The first-order chi connectivity index (χ1) is 7.73. The maximum atomic E-state index is 12.0. The topological polar surface area (TPSA) is 64.0 Å². The van der Waals surface area contributed by atoms with Gasteiger partial charge in [0.05, 0.1) is 6.33 Å². The first-order valence-electron chi connectivity index (χ1n) is 5.38. The predicted molar refractivity (Wildman–Crippen MR) is 65.4 cm³/mol. The smallest absolute Gasteiger partial charge is 0.259 e. The fourth-order valence-corrected chi connectivity index (χ4v) is 3.56. The van der Waals surface area contributed by atoms with Crippen molar-refractivity contribution < 1.29 is 8.42 Å². The second-order valence-corrected chi connectivity index (χ2v) is 7.26. The van der Waals surface area contributed by atoms with Crippen molar-refractivity contribution in [3.63, 3.8) is 0 Å². The van der Waals surface area contributed by atoms with E-state index >= 15 is 0 Å². The van der Waals surface area contributed by atoms with Gasteiger partial charge in [-0.2, -0.15) is 0 Å². The number of halogens is 1. The van der Waals surface area contributed by atoms with Crippen LogP contribution in [0.4, 0.5) is 0 Å². The molecule has 2 atom stereocenters. The predicted octanol–water partition coefficient (Wildman–Crippen LogP) is 1.10. The largest absolute Gasteiger partial charge is 0.339 e. The fourth-order valence-electron chi connectivity index (χ4n) is 1.85. The first kappa shape index (κ1) is 12.9. The van der Waals surface area contributed by atoms with E-state index in [9.17, 15) is 8.42 Å². The van der Waals surface area contributed by atoms with Crippen molar-refractivity contribution in [3.8, 4) is 0 Å². The van der Waals surface area contributed by atoms with E-state index < -0.39 is 10.0 Å². The molecule has 0 bridgehead atoms. The third kappa shape index (κ3) is 2.21. The molecule has 0 aliphatic heterocycles. The third-order valence-corrected chi connectivity index (χ3v) is 5.50. The van der Waals surface area contributed by atoms with Crippen LogP contribution in [0, 0.1) is 5.41 Å². The van der Waals surface area contributed by atoms with Gasteiger partial charge >= 0.3 is 0 Å². The lowest BCUT2D eigenvalue weighted by molar-refractivity contribution is 0.137. The second kappa shape index (κ2) is 3.96. The van der Waals surface area contributed by atoms with Gasteiger partial charge in [-0.25, -0.2) is 18.1 Å². The number of hydrogen-bond acceptors (Lipinski definition) is 3. The molecule has 0 radical (unpaired) electrons. The lowest BCUT2D eigenvalue weighted by Gasteiger charge is -2.48. The summed E-state index contributed by atoms with van der Waals surface area (Å²) in [5, 5.41) is 0.0627. The zero-order valence-electron chi connectivity index (χ0n) is 10.0. The highest BCUT2D eigenvalue weighted by Crippen LogP contribution is 2.44. The molecule has 2 rings (SSSR count). The summed E-state index contributed by atoms with van der Waals surface area (Å²) < 4.78 is 28.3. The Labute approximate surface area is 106 Å². The molecule has 0 amide bonds. The Morgan fingerprint density at radius 3 is 2.65 bits per heavy atom. The maximum absolute atomic E-state index is 12.0. The summed E-state index contributed by atoms with van der Waals surface area (Å²) in [6.07, 6.45) is 3.59. The van der Waals surface area contributed by atoms with Gasteiger partial charge in [0.2, 0.25) is 0 Å². The Balaban J connectivity index is 2.15. The van der Waals surface area contributed by atoms with Gasteiger partial charge in [-0.15, -0.1) is 11.6 Å². The molecule has 1 aromatic heterocycles. The summed E-state index contributed by atoms with van der Waals surface area (Å²) in [6, 6.07) is -0.128. The number of rotatable bonds is 3. The number of nitrogens with zero attached hydrogens (tertiary/aromatic N) is 2. The van der Waals surface area contributed by atoms with E-state index in [4.69, 9.17) is 11.6 Å². The normalized spacial score (nSPS) is 27.8. The van der Waals surface area contributed by atoms with Crippen LogP contribution < -0.4 is 4.72 Å². The van der Waals surface area contributed by atoms with Crippen LogP contribution in [0.15, 0.2) is 17.6 Å². The van der Waals surface area contributed by atoms with Gasteiger partial charge in [-0.05, 0) is 11.8 Å². The van der Waals surface area contributed by atoms with Crippen molar-refractivity contribution in [2.75, 3.05) is 0 Å². The van der Waals surface area contributed by atoms with Crippen molar-refractivity contribution in [1.82, 2.24) is 14.3 Å². The van der Waals surface area contributed by atoms with Crippen LogP contribution in [0.5, 0.6) is 0 Å². The Kier molecular flexibility index (Phi) is 3.00. The van der Waals surface area contributed by atoms with Crippen molar-refractivity contribution in [2.45, 2.75) is 36.7 Å². The van der Waals surface area contributed by atoms with Crippen LogP contribution in [0.25, 0.3) is 0 Å². The number of sulfonamides is 1. The molecule has 1 fully saturated rings. The summed E-state index contributed by atoms with van der Waals surface area (Å²) >= 11 is 6.06. The average molecular weight is 278 g/mol. The minimum absolute atomic E-state index is 0.0129. The number of aromatic nitrogens is 2. The Bertz CT molecular complexity index is 523. The van der Waals surface area contributed by atoms with E-state index in [0.29, 0.717) is 6.42 Å². The van der Waals surface area contributed by atoms with Crippen LogP contribution in [0.2, 0.25) is 0 Å². The standard InChI is InChI=1S/C10H16ClN3O2S/c1-10(2)7(11)4-8(10)13-17(15,16)9-5-14(3)6-12-9/h5-8,13H,4H2,1-3H3. The molecule has 1 aliphatic rings. The van der Waals surface area contributed by atoms with Gasteiger partial charge < -0.3 is 4.57 Å². The lowest BCUT2D eigenvalue weighted by Crippen LogP contribution is -2.59. The highest BCUT2D eigenvalue weighted by Gasteiger charge is 2.48. The molecule has 17 heavy (non-hydrogen) atoms. The molecule has 7 heteroatoms. The summed E-state index contributed by atoms with van der Waals surface area (Å²) in [5.74, 6) is 0. The maximum Gasteiger partial charge on any atom is 0.259 e. The van der Waals surface area contributed by atoms with Crippen molar-refractivity contribution >= 4 is 21.6 Å². The van der Waals surface area contributed by atoms with Gasteiger partial charge in [-0.3, -0.25) is 0 Å². The molecule has 0 aromatic carbocycles. The van der Waals surface area contributed by atoms with E-state index in [1.807, 2.05) is 13.8 Å². The lowest BCUT2D eigenvalue weighted by atomic mass is 9.67. The number of hydrogen-bond donors (Lipinski definition) is 1. The van der Waals surface area contributed by atoms with Gasteiger partial charge in [-0.1, -0.05) is 13.8 Å². The number of imidazole rings is 1. The highest BCUT2D eigenvalue weighted by atomic mass is 35.5. The Morgan fingerprint density at radius 2 is 2.24 bits per heavy atom. The zero-order valence-corrected chi connectivity index (χ0v) is 11.6. The van der Waals surface area contributed by atoms with Crippen LogP contribution in [-0.4, -0.2) is 29.4 Å². The molecular weight excluding hydrogens is 262 g/mol. The highest BCUT2D eigenvalue weighted by molar-refractivity contribution is 7.89. The van der Waals surface area contributed by atoms with Crippen LogP contribution in [0.1, 0.15) is 20.3 Å². The summed E-state index contributed by atoms with van der Waals surface area (Å²) in [7, 11) is -1.80. The molecule has 1 heterocycles. The molecule has 0 spiro atoms. The minimum atomic E-state index is -3.53. The number of alkyl halides is 1. The SMILES string of the molecule is Cn1cnc(S(=O)(=O)NC2CC(Cl)C2(C)C)c1. The van der Waals surface area contributed by atoms with Gasteiger partial charge in [0.15, 0.2) is 5.03 Å². The second-order valence-electron chi connectivity index (χ2n) is 5.08. The molecule has 1 aliphatic carbocycles. The van der Waals surface area contributed by atoms with Crippen LogP contribution >= 0.6 is 11.6 Å². The summed E-state index contributed by atoms with van der Waals surface area (Å²) in [5.41, 5.74) is -0.219. The molecule has 96 valence electrons. The van der Waals surface area contributed by atoms with Crippen molar-refractivity contribution in [3.05, 3.63) is 12.5 Å². The van der Waals surface area contributed by atoms with Crippen molar-refractivity contribution in [1.29, 1.82) is 0 Å². The van der Waals surface area contributed by atoms with E-state index in [1.165, 1.54) is 12.5 Å². The van der Waals surface area contributed by atoms with Gasteiger partial charge in [0.1, 0.15) is 0 Å². The van der Waals surface area contributed by atoms with Gasteiger partial charge in [0.25, 0.3) is 10.0 Å². The van der Waals surface area contributed by atoms with E-state index in [0.717, 1.165) is 0 Å². The van der Waals surface area contributed by atoms with Gasteiger partial charge in [0, 0.05) is 24.7 Å². The van der Waals surface area contributed by atoms with E-state index in [1.54, 1.807) is 11.6 Å². The average Bonchev–Trinajstić information content (AvgIpc) is 2.65. The summed E-state index contributed by atoms with van der Waals surface area (Å²) in [4.78, 5) is 3.85. The molecule has 0 saturated heterocycles. The Hall–Kier alpha value is -0.590. The molecule has 1 aromatic rings. The number of aryl methyl sites for hydroxylation is 1. The van der Waals surface area contributed by atoms with E-state index in [-0.39, 0.29) is 21.9 Å². The Morgan fingerprint density at radius 1 is 1.59 bits per heavy atom. The van der Waals surface area contributed by atoms with E-state index in [2.05, 4.69) is 9.71 Å². The quantitative estimate of drug-likeness (QED) is 0.842. The molecule has 1 saturated carbocycles. The fraction of sp³-hybridized carbons (Fsp3) is 0.700. The summed E-state index contributed by atoms with van der Waals surface area (Å²) in [6.45, 7) is 3.92. The molecule has 5 nitrogen and oxygen atoms in total. The van der Waals surface area contributed by atoms with Crippen LogP contribution in [-0.2, 0) is 17.1 Å². The molecule has 2 unspecified atom stereocenters. The molecular formula is C10H16ClN3O2S. The first-order valence-corrected chi connectivity index (χ1v) is 7.30.